The lowest BCUT2D eigenvalue weighted by molar-refractivity contribution is -0.187. The first-order valence-electron chi connectivity index (χ1n) is 5.23. The van der Waals surface area contributed by atoms with Gasteiger partial charge in [-0.2, -0.15) is 0 Å². The molecule has 0 bridgehead atoms. The molecule has 1 aliphatic heterocycles. The van der Waals surface area contributed by atoms with E-state index in [0.29, 0.717) is 12.5 Å². The van der Waals surface area contributed by atoms with Crippen LogP contribution in [0.1, 0.15) is 32.1 Å². The van der Waals surface area contributed by atoms with Gasteiger partial charge in [0.15, 0.2) is 5.79 Å². The molecule has 1 spiro atoms. The van der Waals surface area contributed by atoms with Crippen molar-refractivity contribution < 1.29 is 14.6 Å². The Hall–Kier alpha value is -0.120. The molecule has 13 heavy (non-hydrogen) atoms. The normalized spacial score (nSPS) is 32.5. The lowest BCUT2D eigenvalue weighted by Gasteiger charge is -2.35. The molecule has 1 saturated heterocycles. The number of rotatable bonds is 2. The van der Waals surface area contributed by atoms with Crippen LogP contribution in [0.4, 0.5) is 0 Å². The van der Waals surface area contributed by atoms with Gasteiger partial charge in [0.05, 0.1) is 13.2 Å². The Labute approximate surface area is 79.0 Å². The van der Waals surface area contributed by atoms with Crippen molar-refractivity contribution in [1.82, 2.24) is 0 Å². The minimum atomic E-state index is -0.266. The van der Waals surface area contributed by atoms with Crippen molar-refractivity contribution in [2.75, 3.05) is 19.8 Å². The maximum absolute atomic E-state index is 8.87. The SMILES string of the molecule is OCCC1CCCC2(C1)OCCO2. The Morgan fingerprint density at radius 2 is 2.08 bits per heavy atom. The molecule has 0 aromatic heterocycles. The summed E-state index contributed by atoms with van der Waals surface area (Å²) in [5.41, 5.74) is 0. The summed E-state index contributed by atoms with van der Waals surface area (Å²) in [5, 5.41) is 8.87. The van der Waals surface area contributed by atoms with Gasteiger partial charge in [0.2, 0.25) is 0 Å². The van der Waals surface area contributed by atoms with E-state index in [-0.39, 0.29) is 5.79 Å². The molecule has 0 aromatic carbocycles. The molecule has 0 radical (unpaired) electrons. The van der Waals surface area contributed by atoms with E-state index in [1.165, 1.54) is 12.8 Å². The largest absolute Gasteiger partial charge is 0.396 e. The molecule has 3 heteroatoms. The zero-order chi connectivity index (χ0) is 9.15. The monoisotopic (exact) mass is 186 g/mol. The van der Waals surface area contributed by atoms with Gasteiger partial charge in [-0.05, 0) is 25.2 Å². The Morgan fingerprint density at radius 1 is 1.31 bits per heavy atom. The van der Waals surface area contributed by atoms with Gasteiger partial charge in [-0.1, -0.05) is 0 Å². The Balaban J connectivity index is 1.90. The van der Waals surface area contributed by atoms with Crippen molar-refractivity contribution >= 4 is 0 Å². The van der Waals surface area contributed by atoms with E-state index in [0.717, 1.165) is 32.5 Å². The first kappa shape index (κ1) is 9.44. The smallest absolute Gasteiger partial charge is 0.168 e. The second kappa shape index (κ2) is 3.95. The van der Waals surface area contributed by atoms with Crippen LogP contribution in [0.25, 0.3) is 0 Å². The maximum atomic E-state index is 8.87. The molecule has 3 nitrogen and oxygen atoms in total. The van der Waals surface area contributed by atoms with Crippen molar-refractivity contribution in [2.24, 2.45) is 5.92 Å². The standard InChI is InChI=1S/C10H18O3/c11-5-3-9-2-1-4-10(8-9)12-6-7-13-10/h9,11H,1-8H2. The Bertz CT molecular complexity index is 162. The van der Waals surface area contributed by atoms with Crippen LogP contribution in [-0.2, 0) is 9.47 Å². The number of aliphatic hydroxyl groups excluding tert-OH is 1. The highest BCUT2D eigenvalue weighted by atomic mass is 16.7. The van der Waals surface area contributed by atoms with Gasteiger partial charge in [0.25, 0.3) is 0 Å². The quantitative estimate of drug-likeness (QED) is 0.706. The second-order valence-corrected chi connectivity index (χ2v) is 4.08. The molecule has 1 unspecified atom stereocenters. The highest BCUT2D eigenvalue weighted by molar-refractivity contribution is 4.83. The van der Waals surface area contributed by atoms with Gasteiger partial charge in [-0.3, -0.25) is 0 Å². The zero-order valence-corrected chi connectivity index (χ0v) is 8.00. The summed E-state index contributed by atoms with van der Waals surface area (Å²) in [4.78, 5) is 0. The molecule has 1 N–H and O–H groups in total. The molecule has 76 valence electrons. The van der Waals surface area contributed by atoms with Gasteiger partial charge < -0.3 is 14.6 Å². The van der Waals surface area contributed by atoms with E-state index in [2.05, 4.69) is 0 Å². The fraction of sp³-hybridized carbons (Fsp3) is 1.00. The third kappa shape index (κ3) is 2.03. The van der Waals surface area contributed by atoms with Crippen LogP contribution in [-0.4, -0.2) is 30.7 Å². The van der Waals surface area contributed by atoms with Crippen LogP contribution >= 0.6 is 0 Å². The second-order valence-electron chi connectivity index (χ2n) is 4.08. The van der Waals surface area contributed by atoms with E-state index in [1.54, 1.807) is 0 Å². The van der Waals surface area contributed by atoms with Gasteiger partial charge in [0.1, 0.15) is 0 Å². The third-order valence-corrected chi connectivity index (χ3v) is 3.12. The fourth-order valence-corrected chi connectivity index (χ4v) is 2.49. The van der Waals surface area contributed by atoms with E-state index < -0.39 is 0 Å². The molecule has 1 aliphatic carbocycles. The summed E-state index contributed by atoms with van der Waals surface area (Å²) in [7, 11) is 0. The van der Waals surface area contributed by atoms with Crippen LogP contribution in [0.2, 0.25) is 0 Å². The maximum Gasteiger partial charge on any atom is 0.168 e. The van der Waals surface area contributed by atoms with Crippen LogP contribution in [0.5, 0.6) is 0 Å². The van der Waals surface area contributed by atoms with E-state index >= 15 is 0 Å². The molecule has 1 atom stereocenters. The minimum Gasteiger partial charge on any atom is -0.396 e. The molecule has 1 heterocycles. The van der Waals surface area contributed by atoms with Gasteiger partial charge >= 0.3 is 0 Å². The van der Waals surface area contributed by atoms with E-state index in [1.807, 2.05) is 0 Å². The number of ether oxygens (including phenoxy) is 2. The average Bonchev–Trinajstić information content (AvgIpc) is 2.54. The summed E-state index contributed by atoms with van der Waals surface area (Å²) in [6.07, 6.45) is 5.30. The molecule has 2 fully saturated rings. The Morgan fingerprint density at radius 3 is 2.77 bits per heavy atom. The predicted molar refractivity (Wildman–Crippen MR) is 48.3 cm³/mol. The van der Waals surface area contributed by atoms with Crippen LogP contribution in [0, 0.1) is 5.92 Å². The Kier molecular flexibility index (Phi) is 2.86. The minimum absolute atomic E-state index is 0.266. The zero-order valence-electron chi connectivity index (χ0n) is 8.00. The van der Waals surface area contributed by atoms with Crippen molar-refractivity contribution in [2.45, 2.75) is 37.9 Å². The molecule has 0 amide bonds. The van der Waals surface area contributed by atoms with Gasteiger partial charge in [0, 0.05) is 19.4 Å². The molecular formula is C10H18O3. The van der Waals surface area contributed by atoms with Crippen molar-refractivity contribution in [3.05, 3.63) is 0 Å². The average molecular weight is 186 g/mol. The van der Waals surface area contributed by atoms with Crippen LogP contribution in [0.15, 0.2) is 0 Å². The molecule has 1 saturated carbocycles. The summed E-state index contributed by atoms with van der Waals surface area (Å²) in [6, 6.07) is 0. The van der Waals surface area contributed by atoms with Crippen molar-refractivity contribution in [1.29, 1.82) is 0 Å². The number of hydrogen-bond donors (Lipinski definition) is 1. The van der Waals surface area contributed by atoms with Crippen molar-refractivity contribution in [3.8, 4) is 0 Å². The van der Waals surface area contributed by atoms with Gasteiger partial charge in [-0.15, -0.1) is 0 Å². The van der Waals surface area contributed by atoms with Crippen LogP contribution in [0.3, 0.4) is 0 Å². The fourth-order valence-electron chi connectivity index (χ4n) is 2.49. The van der Waals surface area contributed by atoms with E-state index in [4.69, 9.17) is 14.6 Å². The third-order valence-electron chi connectivity index (χ3n) is 3.12. The van der Waals surface area contributed by atoms with Crippen LogP contribution < -0.4 is 0 Å². The summed E-state index contributed by atoms with van der Waals surface area (Å²) in [5.74, 6) is 0.329. The summed E-state index contributed by atoms with van der Waals surface area (Å²) >= 11 is 0. The first-order valence-corrected chi connectivity index (χ1v) is 5.23. The highest BCUT2D eigenvalue weighted by Gasteiger charge is 2.40. The molecule has 2 rings (SSSR count). The van der Waals surface area contributed by atoms with Gasteiger partial charge in [-0.25, -0.2) is 0 Å². The topological polar surface area (TPSA) is 38.7 Å². The molecular weight excluding hydrogens is 168 g/mol. The first-order chi connectivity index (χ1) is 6.35. The number of aliphatic hydroxyl groups is 1. The predicted octanol–water partition coefficient (Wildman–Crippen LogP) is 1.30. The van der Waals surface area contributed by atoms with E-state index in [9.17, 15) is 0 Å². The summed E-state index contributed by atoms with van der Waals surface area (Å²) < 4.78 is 11.3. The molecule has 2 aliphatic rings. The van der Waals surface area contributed by atoms with Crippen molar-refractivity contribution in [3.63, 3.8) is 0 Å². The lowest BCUT2D eigenvalue weighted by atomic mass is 9.83. The lowest BCUT2D eigenvalue weighted by Crippen LogP contribution is -2.36. The number of hydrogen-bond acceptors (Lipinski definition) is 3. The molecule has 0 aromatic rings. The highest BCUT2D eigenvalue weighted by Crippen LogP contribution is 2.39. The summed E-state index contributed by atoms with van der Waals surface area (Å²) in [6.45, 7) is 1.78.